The summed E-state index contributed by atoms with van der Waals surface area (Å²) in [7, 11) is 2.14. The van der Waals surface area contributed by atoms with E-state index in [1.54, 1.807) is 12.4 Å². The second kappa shape index (κ2) is 3.89. The first-order chi connectivity index (χ1) is 8.25. The Kier molecular flexibility index (Phi) is 2.36. The average Bonchev–Trinajstić information content (AvgIpc) is 2.66. The summed E-state index contributed by atoms with van der Waals surface area (Å²) in [6, 6.07) is 1.96. The second-order valence-corrected chi connectivity index (χ2v) is 4.40. The molecule has 3 heterocycles. The number of nitrogen functional groups attached to an aromatic ring is 1. The van der Waals surface area contributed by atoms with Crippen molar-refractivity contribution in [3.8, 4) is 0 Å². The predicted octanol–water partition coefficient (Wildman–Crippen LogP) is -0.103. The summed E-state index contributed by atoms with van der Waals surface area (Å²) in [5.74, 6) is 0.539. The van der Waals surface area contributed by atoms with Crippen molar-refractivity contribution < 1.29 is 0 Å². The van der Waals surface area contributed by atoms with E-state index in [0.29, 0.717) is 5.95 Å². The molecule has 0 aliphatic carbocycles. The van der Waals surface area contributed by atoms with Crippen molar-refractivity contribution in [3.63, 3.8) is 0 Å². The van der Waals surface area contributed by atoms with Gasteiger partial charge in [0.2, 0.25) is 5.95 Å². The van der Waals surface area contributed by atoms with E-state index in [1.165, 1.54) is 0 Å². The van der Waals surface area contributed by atoms with Crippen LogP contribution in [0.2, 0.25) is 0 Å². The van der Waals surface area contributed by atoms with E-state index in [2.05, 4.69) is 26.9 Å². The quantitative estimate of drug-likeness (QED) is 0.743. The first-order valence-electron chi connectivity index (χ1n) is 5.77. The van der Waals surface area contributed by atoms with Crippen molar-refractivity contribution in [1.29, 1.82) is 0 Å². The summed E-state index contributed by atoms with van der Waals surface area (Å²) in [5, 5.41) is 2.24. The molecule has 2 aromatic heterocycles. The highest BCUT2D eigenvalue weighted by molar-refractivity contribution is 5.77. The van der Waals surface area contributed by atoms with Crippen molar-refractivity contribution >= 4 is 17.0 Å². The second-order valence-electron chi connectivity index (χ2n) is 4.40. The van der Waals surface area contributed by atoms with Crippen LogP contribution >= 0.6 is 0 Å². The van der Waals surface area contributed by atoms with Gasteiger partial charge in [-0.15, -0.1) is 0 Å². The van der Waals surface area contributed by atoms with Crippen molar-refractivity contribution in [2.45, 2.75) is 0 Å². The molecular weight excluding hydrogens is 216 g/mol. The van der Waals surface area contributed by atoms with Gasteiger partial charge in [-0.1, -0.05) is 0 Å². The van der Waals surface area contributed by atoms with Gasteiger partial charge in [0.15, 0.2) is 0 Å². The molecule has 90 valence electrons. The minimum atomic E-state index is 0.539. The monoisotopic (exact) mass is 232 g/mol. The van der Waals surface area contributed by atoms with E-state index >= 15 is 0 Å². The van der Waals surface area contributed by atoms with Crippen molar-refractivity contribution in [1.82, 2.24) is 19.5 Å². The fraction of sp³-hybridized carbons (Fsp3) is 0.455. The number of anilines is 1. The van der Waals surface area contributed by atoms with Crippen LogP contribution in [0, 0.1) is 0 Å². The first-order valence-corrected chi connectivity index (χ1v) is 5.77. The number of nitrogens with two attached hydrogens (primary N) is 1. The highest BCUT2D eigenvalue weighted by Crippen LogP contribution is 2.17. The number of piperazine rings is 1. The lowest BCUT2D eigenvalue weighted by molar-refractivity contribution is 0.290. The molecule has 0 radical (unpaired) electrons. The molecule has 1 saturated heterocycles. The van der Waals surface area contributed by atoms with Crippen LogP contribution in [0.3, 0.4) is 0 Å². The van der Waals surface area contributed by atoms with Crippen molar-refractivity contribution in [3.05, 3.63) is 18.5 Å². The van der Waals surface area contributed by atoms with Crippen LogP contribution in [0.25, 0.3) is 11.0 Å². The molecule has 0 atom stereocenters. The summed E-state index contributed by atoms with van der Waals surface area (Å²) in [6.07, 6.45) is 3.52. The molecule has 0 unspecified atom stereocenters. The van der Waals surface area contributed by atoms with Gasteiger partial charge < -0.3 is 15.6 Å². The maximum atomic E-state index is 5.99. The minimum Gasteiger partial charge on any atom is -0.368 e. The van der Waals surface area contributed by atoms with E-state index in [9.17, 15) is 0 Å². The Hall–Kier alpha value is -1.82. The van der Waals surface area contributed by atoms with Crippen LogP contribution in [0.1, 0.15) is 0 Å². The van der Waals surface area contributed by atoms with E-state index < -0.39 is 0 Å². The lowest BCUT2D eigenvalue weighted by Gasteiger charge is -2.35. The highest BCUT2D eigenvalue weighted by Gasteiger charge is 2.18. The van der Waals surface area contributed by atoms with Crippen LogP contribution in [0.5, 0.6) is 0 Å². The Morgan fingerprint density at radius 2 is 2.00 bits per heavy atom. The van der Waals surface area contributed by atoms with Crippen LogP contribution < -0.4 is 10.7 Å². The molecule has 1 fully saturated rings. The lowest BCUT2D eigenvalue weighted by atomic mass is 10.4. The number of imidazole rings is 1. The molecule has 2 aromatic rings. The third kappa shape index (κ3) is 1.70. The third-order valence-corrected chi connectivity index (χ3v) is 3.22. The maximum absolute atomic E-state index is 5.99. The fourth-order valence-corrected chi connectivity index (χ4v) is 2.23. The van der Waals surface area contributed by atoms with Gasteiger partial charge in [0.05, 0.1) is 11.7 Å². The Morgan fingerprint density at radius 3 is 2.76 bits per heavy atom. The third-order valence-electron chi connectivity index (χ3n) is 3.22. The zero-order valence-electron chi connectivity index (χ0n) is 9.87. The Labute approximate surface area is 99.6 Å². The molecule has 6 heteroatoms. The molecule has 6 nitrogen and oxygen atoms in total. The molecule has 3 rings (SSSR count). The van der Waals surface area contributed by atoms with Gasteiger partial charge in [0.25, 0.3) is 0 Å². The standard InChI is InChI=1S/C11H16N6/c1-15-4-6-16(7-5-15)17-10-2-3-13-8-9(10)14-11(17)12/h2-3,8H,4-7H2,1H3,(H2,12,14). The van der Waals surface area contributed by atoms with Crippen LogP contribution in [-0.2, 0) is 0 Å². The lowest BCUT2D eigenvalue weighted by Crippen LogP contribution is -2.50. The van der Waals surface area contributed by atoms with E-state index in [1.807, 2.05) is 10.7 Å². The molecule has 1 aliphatic rings. The molecule has 0 spiro atoms. The number of likely N-dealkylation sites (N-methyl/N-ethyl adjacent to an activating group) is 1. The van der Waals surface area contributed by atoms with E-state index in [-0.39, 0.29) is 0 Å². The van der Waals surface area contributed by atoms with Crippen molar-refractivity contribution in [2.24, 2.45) is 0 Å². The zero-order chi connectivity index (χ0) is 11.8. The average molecular weight is 232 g/mol. The van der Waals surface area contributed by atoms with Gasteiger partial charge in [-0.3, -0.25) is 4.98 Å². The summed E-state index contributed by atoms with van der Waals surface area (Å²) >= 11 is 0. The van der Waals surface area contributed by atoms with E-state index in [0.717, 1.165) is 37.2 Å². The molecule has 0 amide bonds. The number of rotatable bonds is 1. The SMILES string of the molecule is CN1CCN(n2c(N)nc3cnccc32)CC1. The molecule has 0 saturated carbocycles. The molecule has 1 aliphatic heterocycles. The van der Waals surface area contributed by atoms with Crippen LogP contribution in [0.4, 0.5) is 5.95 Å². The van der Waals surface area contributed by atoms with Gasteiger partial charge in [0, 0.05) is 32.4 Å². The Balaban J connectivity index is 2.02. The number of aromatic nitrogens is 3. The minimum absolute atomic E-state index is 0.539. The van der Waals surface area contributed by atoms with Gasteiger partial charge in [0.1, 0.15) is 5.52 Å². The maximum Gasteiger partial charge on any atom is 0.220 e. The van der Waals surface area contributed by atoms with E-state index in [4.69, 9.17) is 5.73 Å². The summed E-state index contributed by atoms with van der Waals surface area (Å²) in [6.45, 7) is 4.03. The smallest absolute Gasteiger partial charge is 0.220 e. The highest BCUT2D eigenvalue weighted by atomic mass is 15.6. The molecule has 0 bridgehead atoms. The van der Waals surface area contributed by atoms with Crippen LogP contribution in [-0.4, -0.2) is 52.8 Å². The number of fused-ring (bicyclic) bond motifs is 1. The van der Waals surface area contributed by atoms with Gasteiger partial charge in [-0.25, -0.2) is 9.66 Å². The molecule has 17 heavy (non-hydrogen) atoms. The van der Waals surface area contributed by atoms with Crippen LogP contribution in [0.15, 0.2) is 18.5 Å². The summed E-state index contributed by atoms with van der Waals surface area (Å²) in [4.78, 5) is 10.7. The number of hydrogen-bond donors (Lipinski definition) is 1. The summed E-state index contributed by atoms with van der Waals surface area (Å²) < 4.78 is 2.00. The first kappa shape index (κ1) is 10.3. The van der Waals surface area contributed by atoms with Gasteiger partial charge in [-0.05, 0) is 13.1 Å². The van der Waals surface area contributed by atoms with Crippen molar-refractivity contribution in [2.75, 3.05) is 44.0 Å². The largest absolute Gasteiger partial charge is 0.368 e. The summed E-state index contributed by atoms with van der Waals surface area (Å²) in [5.41, 5.74) is 7.87. The number of pyridine rings is 1. The Morgan fingerprint density at radius 1 is 1.24 bits per heavy atom. The normalized spacial score (nSPS) is 17.8. The topological polar surface area (TPSA) is 63.2 Å². The molecule has 0 aromatic carbocycles. The van der Waals surface area contributed by atoms with Gasteiger partial charge in [-0.2, -0.15) is 0 Å². The molecular formula is C11H16N6. The predicted molar refractivity (Wildman–Crippen MR) is 67.4 cm³/mol. The Bertz CT molecular complexity index is 526. The van der Waals surface area contributed by atoms with Gasteiger partial charge >= 0.3 is 0 Å². The number of hydrogen-bond acceptors (Lipinski definition) is 5. The fourth-order valence-electron chi connectivity index (χ4n) is 2.23. The number of nitrogens with zero attached hydrogens (tertiary/aromatic N) is 5. The molecule has 2 N–H and O–H groups in total. The zero-order valence-corrected chi connectivity index (χ0v) is 9.87.